The topological polar surface area (TPSA) is 41.6 Å². The Labute approximate surface area is 127 Å². The molecule has 4 fully saturated rings. The molecule has 1 saturated heterocycles. The number of carbonyl (C=O) groups excluding carboxylic acids is 1. The van der Waals surface area contributed by atoms with Gasteiger partial charge in [-0.2, -0.15) is 0 Å². The molecule has 1 aliphatic heterocycles. The second-order valence-electron chi connectivity index (χ2n) is 7.59. The van der Waals surface area contributed by atoms with E-state index in [1.807, 2.05) is 4.90 Å². The summed E-state index contributed by atoms with van der Waals surface area (Å²) >= 11 is 0. The number of nitrogens with one attached hydrogen (secondary N) is 1. The summed E-state index contributed by atoms with van der Waals surface area (Å²) in [6, 6.07) is 0.557. The average molecular weight is 292 g/mol. The highest BCUT2D eigenvalue weighted by molar-refractivity contribution is 5.81. The van der Waals surface area contributed by atoms with Crippen molar-refractivity contribution in [2.45, 2.75) is 51.1 Å². The average Bonchev–Trinajstić information content (AvgIpc) is 3.19. The van der Waals surface area contributed by atoms with Crippen LogP contribution < -0.4 is 5.32 Å². The molecule has 21 heavy (non-hydrogen) atoms. The smallest absolute Gasteiger partial charge is 0.239 e. The zero-order chi connectivity index (χ0) is 14.4. The minimum atomic E-state index is -0.0349. The fourth-order valence-electron chi connectivity index (χ4n) is 5.71. The Balaban J connectivity index is 1.35. The lowest BCUT2D eigenvalue weighted by molar-refractivity contribution is -0.137. The molecule has 6 atom stereocenters. The van der Waals surface area contributed by atoms with Crippen LogP contribution in [0.4, 0.5) is 0 Å². The number of ether oxygens (including phenoxy) is 1. The first-order chi connectivity index (χ1) is 10.2. The van der Waals surface area contributed by atoms with E-state index in [9.17, 15) is 4.79 Å². The SMILES string of the molecule is C[C@H](N[C@H]1C[C@@H]2C[C@@H]1[C@H]1CCC[C@H]21)C(=O)N1CCOCC1. The van der Waals surface area contributed by atoms with Gasteiger partial charge in [0.15, 0.2) is 0 Å². The molecule has 1 heterocycles. The molecule has 0 aromatic rings. The number of hydrogen-bond acceptors (Lipinski definition) is 3. The van der Waals surface area contributed by atoms with Gasteiger partial charge in [-0.1, -0.05) is 6.42 Å². The van der Waals surface area contributed by atoms with Gasteiger partial charge in [0.2, 0.25) is 5.91 Å². The summed E-state index contributed by atoms with van der Waals surface area (Å²) in [6.07, 6.45) is 7.09. The first kappa shape index (κ1) is 14.0. The zero-order valence-corrected chi connectivity index (χ0v) is 13.1. The molecule has 4 heteroatoms. The van der Waals surface area contributed by atoms with Gasteiger partial charge in [-0.15, -0.1) is 0 Å². The predicted molar refractivity (Wildman–Crippen MR) is 80.8 cm³/mol. The minimum absolute atomic E-state index is 0.0349. The van der Waals surface area contributed by atoms with Crippen LogP contribution in [0.3, 0.4) is 0 Å². The summed E-state index contributed by atoms with van der Waals surface area (Å²) in [6.45, 7) is 4.95. The Kier molecular flexibility index (Phi) is 3.70. The monoisotopic (exact) mass is 292 g/mol. The van der Waals surface area contributed by atoms with Crippen molar-refractivity contribution in [3.8, 4) is 0 Å². The van der Waals surface area contributed by atoms with Crippen molar-refractivity contribution >= 4 is 5.91 Å². The molecule has 1 N–H and O–H groups in total. The largest absolute Gasteiger partial charge is 0.378 e. The number of fused-ring (bicyclic) bond motifs is 5. The molecule has 3 aliphatic carbocycles. The zero-order valence-electron chi connectivity index (χ0n) is 13.1. The van der Waals surface area contributed by atoms with Crippen molar-refractivity contribution in [1.82, 2.24) is 10.2 Å². The van der Waals surface area contributed by atoms with E-state index in [1.54, 1.807) is 0 Å². The highest BCUT2D eigenvalue weighted by atomic mass is 16.5. The van der Waals surface area contributed by atoms with E-state index in [1.165, 1.54) is 32.1 Å². The van der Waals surface area contributed by atoms with Crippen LogP contribution in [0.2, 0.25) is 0 Å². The van der Waals surface area contributed by atoms with Crippen molar-refractivity contribution in [2.24, 2.45) is 23.7 Å². The number of amides is 1. The van der Waals surface area contributed by atoms with E-state index in [0.29, 0.717) is 19.3 Å². The Morgan fingerprint density at radius 1 is 1.14 bits per heavy atom. The molecule has 4 aliphatic rings. The Hall–Kier alpha value is -0.610. The minimum Gasteiger partial charge on any atom is -0.378 e. The number of rotatable bonds is 3. The molecular formula is C17H28N2O2. The fraction of sp³-hybridized carbons (Fsp3) is 0.941. The molecule has 1 amide bonds. The third-order valence-electron chi connectivity index (χ3n) is 6.59. The molecule has 4 nitrogen and oxygen atoms in total. The van der Waals surface area contributed by atoms with Crippen molar-refractivity contribution in [3.63, 3.8) is 0 Å². The van der Waals surface area contributed by atoms with Crippen LogP contribution in [0.25, 0.3) is 0 Å². The van der Waals surface area contributed by atoms with Crippen LogP contribution >= 0.6 is 0 Å². The summed E-state index contributed by atoms with van der Waals surface area (Å²) in [5, 5.41) is 3.69. The highest BCUT2D eigenvalue weighted by Crippen LogP contribution is 2.58. The Morgan fingerprint density at radius 3 is 2.71 bits per heavy atom. The van der Waals surface area contributed by atoms with Gasteiger partial charge in [0.1, 0.15) is 0 Å². The van der Waals surface area contributed by atoms with E-state index in [-0.39, 0.29) is 11.9 Å². The molecule has 0 radical (unpaired) electrons. The number of nitrogens with zero attached hydrogens (tertiary/aromatic N) is 1. The van der Waals surface area contributed by atoms with Crippen molar-refractivity contribution in [3.05, 3.63) is 0 Å². The van der Waals surface area contributed by atoms with Crippen LogP contribution in [0, 0.1) is 23.7 Å². The normalized spacial score (nSPS) is 43.1. The molecule has 0 spiro atoms. The molecule has 2 bridgehead atoms. The fourth-order valence-corrected chi connectivity index (χ4v) is 5.71. The van der Waals surface area contributed by atoms with Crippen molar-refractivity contribution in [1.29, 1.82) is 0 Å². The second kappa shape index (κ2) is 5.54. The van der Waals surface area contributed by atoms with Gasteiger partial charge >= 0.3 is 0 Å². The molecule has 0 aromatic heterocycles. The van der Waals surface area contributed by atoms with Crippen LogP contribution in [-0.4, -0.2) is 49.2 Å². The highest BCUT2D eigenvalue weighted by Gasteiger charge is 2.53. The molecule has 0 unspecified atom stereocenters. The van der Waals surface area contributed by atoms with Crippen LogP contribution in [-0.2, 0) is 9.53 Å². The molecule has 0 aromatic carbocycles. The van der Waals surface area contributed by atoms with Gasteiger partial charge in [-0.25, -0.2) is 0 Å². The molecule has 3 saturated carbocycles. The number of carbonyl (C=O) groups is 1. The number of hydrogen-bond donors (Lipinski definition) is 1. The van der Waals surface area contributed by atoms with Gasteiger partial charge in [-0.3, -0.25) is 4.79 Å². The summed E-state index contributed by atoms with van der Waals surface area (Å²) in [5.41, 5.74) is 0. The lowest BCUT2D eigenvalue weighted by Gasteiger charge is -2.35. The number of morpholine rings is 1. The first-order valence-electron chi connectivity index (χ1n) is 8.86. The summed E-state index contributed by atoms with van der Waals surface area (Å²) < 4.78 is 5.34. The van der Waals surface area contributed by atoms with E-state index in [0.717, 1.165) is 36.8 Å². The standard InChI is InChI=1S/C17H28N2O2/c1-11(17(20)19-5-7-21-8-6-19)18-16-10-12-9-15(16)14-4-2-3-13(12)14/h11-16,18H,2-10H2,1H3/t11-,12-,13+,14-,15+,16-/m0/s1. The third kappa shape index (κ3) is 2.40. The maximum absolute atomic E-state index is 12.5. The van der Waals surface area contributed by atoms with E-state index < -0.39 is 0 Å². The first-order valence-corrected chi connectivity index (χ1v) is 8.86. The van der Waals surface area contributed by atoms with Crippen LogP contribution in [0.15, 0.2) is 0 Å². The van der Waals surface area contributed by atoms with Crippen LogP contribution in [0.1, 0.15) is 39.0 Å². The Morgan fingerprint density at radius 2 is 1.90 bits per heavy atom. The van der Waals surface area contributed by atoms with Gasteiger partial charge in [0, 0.05) is 19.1 Å². The van der Waals surface area contributed by atoms with Crippen molar-refractivity contribution < 1.29 is 9.53 Å². The van der Waals surface area contributed by atoms with Gasteiger partial charge in [-0.05, 0) is 56.3 Å². The summed E-state index contributed by atoms with van der Waals surface area (Å²) in [4.78, 5) is 14.5. The van der Waals surface area contributed by atoms with Crippen molar-refractivity contribution in [2.75, 3.05) is 26.3 Å². The maximum Gasteiger partial charge on any atom is 0.239 e. The van der Waals surface area contributed by atoms with E-state index >= 15 is 0 Å². The Bertz CT molecular complexity index is 408. The molecule has 118 valence electrons. The second-order valence-corrected chi connectivity index (χ2v) is 7.59. The summed E-state index contributed by atoms with van der Waals surface area (Å²) in [7, 11) is 0. The van der Waals surface area contributed by atoms with Gasteiger partial charge in [0.05, 0.1) is 19.3 Å². The van der Waals surface area contributed by atoms with E-state index in [2.05, 4.69) is 12.2 Å². The third-order valence-corrected chi connectivity index (χ3v) is 6.59. The predicted octanol–water partition coefficient (Wildman–Crippen LogP) is 1.65. The van der Waals surface area contributed by atoms with Crippen LogP contribution in [0.5, 0.6) is 0 Å². The molecular weight excluding hydrogens is 264 g/mol. The van der Waals surface area contributed by atoms with E-state index in [4.69, 9.17) is 4.74 Å². The van der Waals surface area contributed by atoms with Gasteiger partial charge < -0.3 is 15.0 Å². The maximum atomic E-state index is 12.5. The molecule has 4 rings (SSSR count). The summed E-state index contributed by atoms with van der Waals surface area (Å²) in [5.74, 6) is 4.06. The lowest BCUT2D eigenvalue weighted by atomic mass is 9.79. The quantitative estimate of drug-likeness (QED) is 0.860. The lowest BCUT2D eigenvalue weighted by Crippen LogP contribution is -2.53. The van der Waals surface area contributed by atoms with Gasteiger partial charge in [0.25, 0.3) is 0 Å².